The van der Waals surface area contributed by atoms with Gasteiger partial charge in [-0.15, -0.1) is 0 Å². The van der Waals surface area contributed by atoms with Gasteiger partial charge in [-0.3, -0.25) is 0 Å². The van der Waals surface area contributed by atoms with E-state index >= 15 is 0 Å². The summed E-state index contributed by atoms with van der Waals surface area (Å²) in [4.78, 5) is 12.5. The molecule has 0 amide bonds. The van der Waals surface area contributed by atoms with Crippen molar-refractivity contribution in [2.45, 2.75) is 49.8 Å². The molecular formula is C26H33N5O2S. The van der Waals surface area contributed by atoms with Gasteiger partial charge in [0, 0.05) is 32.7 Å². The van der Waals surface area contributed by atoms with Crippen LogP contribution in [0, 0.1) is 0 Å². The molecule has 7 nitrogen and oxygen atoms in total. The lowest BCUT2D eigenvalue weighted by molar-refractivity contribution is 0.423. The van der Waals surface area contributed by atoms with E-state index in [4.69, 9.17) is 9.97 Å². The van der Waals surface area contributed by atoms with Crippen LogP contribution in [0.3, 0.4) is 0 Å². The largest absolute Gasteiger partial charge is 0.367 e. The SMILES string of the molecule is O=S(=O)(c1ccc(CCNc2nc3ccccc3nc2N2CCCC2)cc1)N1CCCCCC1. The van der Waals surface area contributed by atoms with Gasteiger partial charge in [-0.1, -0.05) is 37.1 Å². The van der Waals surface area contributed by atoms with Crippen LogP contribution < -0.4 is 10.2 Å². The van der Waals surface area contributed by atoms with E-state index in [0.717, 1.165) is 73.4 Å². The van der Waals surface area contributed by atoms with Crippen LogP contribution in [0.1, 0.15) is 44.1 Å². The lowest BCUT2D eigenvalue weighted by Gasteiger charge is -2.21. The maximum atomic E-state index is 13.0. The van der Waals surface area contributed by atoms with Gasteiger partial charge in [0.15, 0.2) is 11.6 Å². The third-order valence-corrected chi connectivity index (χ3v) is 8.70. The number of nitrogens with one attached hydrogen (secondary N) is 1. The second-order valence-electron chi connectivity index (χ2n) is 9.22. The Hall–Kier alpha value is -2.71. The summed E-state index contributed by atoms with van der Waals surface area (Å²) in [6.07, 6.45) is 7.25. The number of hydrogen-bond donors (Lipinski definition) is 1. The van der Waals surface area contributed by atoms with E-state index in [0.29, 0.717) is 24.5 Å². The molecule has 2 fully saturated rings. The predicted molar refractivity (Wildman–Crippen MR) is 137 cm³/mol. The number of hydrogen-bond acceptors (Lipinski definition) is 6. The molecule has 0 atom stereocenters. The summed E-state index contributed by atoms with van der Waals surface area (Å²) in [7, 11) is -3.41. The van der Waals surface area contributed by atoms with Crippen LogP contribution in [0.5, 0.6) is 0 Å². The second kappa shape index (κ2) is 10.3. The van der Waals surface area contributed by atoms with Crippen LogP contribution in [0.4, 0.5) is 11.6 Å². The van der Waals surface area contributed by atoms with Gasteiger partial charge in [-0.25, -0.2) is 18.4 Å². The maximum Gasteiger partial charge on any atom is 0.243 e. The van der Waals surface area contributed by atoms with E-state index in [2.05, 4.69) is 10.2 Å². The molecule has 0 spiro atoms. The highest BCUT2D eigenvalue weighted by Crippen LogP contribution is 2.28. The Morgan fingerprint density at radius 3 is 2.06 bits per heavy atom. The van der Waals surface area contributed by atoms with Gasteiger partial charge in [0.1, 0.15) is 0 Å². The zero-order valence-corrected chi connectivity index (χ0v) is 20.4. The molecule has 3 aromatic rings. The fourth-order valence-electron chi connectivity index (χ4n) is 4.84. The fraction of sp³-hybridized carbons (Fsp3) is 0.462. The minimum atomic E-state index is -3.41. The summed E-state index contributed by atoms with van der Waals surface area (Å²) in [5.41, 5.74) is 2.89. The number of fused-ring (bicyclic) bond motifs is 1. The number of nitrogens with zero attached hydrogens (tertiary/aromatic N) is 4. The summed E-state index contributed by atoms with van der Waals surface area (Å²) < 4.78 is 27.7. The Morgan fingerprint density at radius 2 is 1.38 bits per heavy atom. The first kappa shape index (κ1) is 23.1. The first-order valence-electron chi connectivity index (χ1n) is 12.5. The van der Waals surface area contributed by atoms with Gasteiger partial charge in [0.05, 0.1) is 15.9 Å². The highest BCUT2D eigenvalue weighted by Gasteiger charge is 2.25. The molecule has 2 aliphatic heterocycles. The van der Waals surface area contributed by atoms with Crippen molar-refractivity contribution >= 4 is 32.7 Å². The van der Waals surface area contributed by atoms with E-state index in [-0.39, 0.29) is 0 Å². The van der Waals surface area contributed by atoms with Gasteiger partial charge in [0.25, 0.3) is 0 Å². The van der Waals surface area contributed by atoms with Crippen LogP contribution in [0.15, 0.2) is 53.4 Å². The van der Waals surface area contributed by atoms with Crippen molar-refractivity contribution in [3.05, 3.63) is 54.1 Å². The lowest BCUT2D eigenvalue weighted by Crippen LogP contribution is -2.31. The molecule has 5 rings (SSSR count). The second-order valence-corrected chi connectivity index (χ2v) is 11.2. The van der Waals surface area contributed by atoms with E-state index < -0.39 is 10.0 Å². The van der Waals surface area contributed by atoms with Gasteiger partial charge < -0.3 is 10.2 Å². The third kappa shape index (κ3) is 5.03. The number of para-hydroxylation sites is 2. The van der Waals surface area contributed by atoms with Gasteiger partial charge in [-0.2, -0.15) is 4.31 Å². The van der Waals surface area contributed by atoms with Crippen molar-refractivity contribution in [1.82, 2.24) is 14.3 Å². The van der Waals surface area contributed by atoms with Crippen molar-refractivity contribution in [3.8, 4) is 0 Å². The molecule has 3 heterocycles. The van der Waals surface area contributed by atoms with Crippen molar-refractivity contribution < 1.29 is 8.42 Å². The van der Waals surface area contributed by atoms with Crippen LogP contribution >= 0.6 is 0 Å². The average molecular weight is 480 g/mol. The summed E-state index contributed by atoms with van der Waals surface area (Å²) in [6.45, 7) is 3.97. The topological polar surface area (TPSA) is 78.4 Å². The van der Waals surface area contributed by atoms with Gasteiger partial charge in [-0.05, 0) is 61.9 Å². The summed E-state index contributed by atoms with van der Waals surface area (Å²) in [5.74, 6) is 1.75. The Morgan fingerprint density at radius 1 is 0.765 bits per heavy atom. The Balaban J connectivity index is 1.26. The molecule has 2 aromatic carbocycles. The molecular weight excluding hydrogens is 446 g/mol. The average Bonchev–Trinajstić information content (AvgIpc) is 3.25. The number of rotatable bonds is 7. The summed E-state index contributed by atoms with van der Waals surface area (Å²) in [5, 5.41) is 3.49. The van der Waals surface area contributed by atoms with Gasteiger partial charge in [0.2, 0.25) is 10.0 Å². The van der Waals surface area contributed by atoms with Crippen molar-refractivity contribution in [2.24, 2.45) is 0 Å². The molecule has 0 unspecified atom stereocenters. The molecule has 180 valence electrons. The van der Waals surface area contributed by atoms with Crippen molar-refractivity contribution in [1.29, 1.82) is 0 Å². The molecule has 0 bridgehead atoms. The smallest absolute Gasteiger partial charge is 0.243 e. The molecule has 1 N–H and O–H groups in total. The molecule has 0 saturated carbocycles. The van der Waals surface area contributed by atoms with E-state index in [9.17, 15) is 8.42 Å². The lowest BCUT2D eigenvalue weighted by atomic mass is 10.1. The van der Waals surface area contributed by atoms with Gasteiger partial charge >= 0.3 is 0 Å². The Bertz CT molecular complexity index is 1220. The number of benzene rings is 2. The maximum absolute atomic E-state index is 13.0. The highest BCUT2D eigenvalue weighted by atomic mass is 32.2. The third-order valence-electron chi connectivity index (χ3n) is 6.79. The first-order chi connectivity index (χ1) is 16.6. The standard InChI is InChI=1S/C26H33N5O2S/c32-34(33,31-19-5-1-2-6-20-31)22-13-11-21(12-14-22)15-16-27-25-26(30-17-7-8-18-30)29-24-10-4-3-9-23(24)28-25/h3-4,9-14H,1-2,5-8,15-20H2,(H,27,28). The number of anilines is 2. The minimum absolute atomic E-state index is 0.392. The number of aromatic nitrogens is 2. The van der Waals surface area contributed by atoms with Crippen LogP contribution in [-0.2, 0) is 16.4 Å². The zero-order chi connectivity index (χ0) is 23.4. The Kier molecular flexibility index (Phi) is 6.97. The summed E-state index contributed by atoms with van der Waals surface area (Å²) in [6, 6.07) is 15.3. The summed E-state index contributed by atoms with van der Waals surface area (Å²) >= 11 is 0. The molecule has 34 heavy (non-hydrogen) atoms. The van der Waals surface area contributed by atoms with Crippen LogP contribution in [0.25, 0.3) is 11.0 Å². The molecule has 0 radical (unpaired) electrons. The molecule has 2 saturated heterocycles. The minimum Gasteiger partial charge on any atom is -0.367 e. The first-order valence-corrected chi connectivity index (χ1v) is 13.9. The molecule has 2 aliphatic rings. The zero-order valence-electron chi connectivity index (χ0n) is 19.6. The van der Waals surface area contributed by atoms with E-state index in [1.54, 1.807) is 16.4 Å². The molecule has 8 heteroatoms. The predicted octanol–water partition coefficient (Wildman–Crippen LogP) is 4.45. The normalized spacial score (nSPS) is 17.7. The number of sulfonamides is 1. The highest BCUT2D eigenvalue weighted by molar-refractivity contribution is 7.89. The van der Waals surface area contributed by atoms with E-state index in [1.807, 2.05) is 36.4 Å². The fourth-order valence-corrected chi connectivity index (χ4v) is 6.36. The quantitative estimate of drug-likeness (QED) is 0.539. The van der Waals surface area contributed by atoms with Crippen molar-refractivity contribution in [2.75, 3.05) is 42.9 Å². The van der Waals surface area contributed by atoms with Crippen LogP contribution in [-0.4, -0.2) is 55.4 Å². The molecule has 1 aromatic heterocycles. The monoisotopic (exact) mass is 479 g/mol. The Labute approximate surface area is 202 Å². The van der Waals surface area contributed by atoms with Crippen LogP contribution in [0.2, 0.25) is 0 Å². The van der Waals surface area contributed by atoms with E-state index in [1.165, 1.54) is 12.8 Å². The molecule has 0 aliphatic carbocycles. The van der Waals surface area contributed by atoms with Crippen molar-refractivity contribution in [3.63, 3.8) is 0 Å².